The van der Waals surface area contributed by atoms with Crippen LogP contribution in [0.1, 0.15) is 17.5 Å². The summed E-state index contributed by atoms with van der Waals surface area (Å²) < 4.78 is 25.4. The molecule has 0 unspecified atom stereocenters. The molecule has 0 aliphatic heterocycles. The highest BCUT2D eigenvalue weighted by molar-refractivity contribution is 5.58. The number of benzene rings is 3. The second-order valence-electron chi connectivity index (χ2n) is 6.11. The lowest BCUT2D eigenvalue weighted by molar-refractivity contribution is 0.415. The van der Waals surface area contributed by atoms with Gasteiger partial charge in [0.05, 0.1) is 18.4 Å². The van der Waals surface area contributed by atoms with E-state index in [0.29, 0.717) is 11.6 Å². The highest BCUT2D eigenvalue weighted by atomic mass is 19.1. The number of nitrogens with zero attached hydrogens (tertiary/aromatic N) is 2. The summed E-state index contributed by atoms with van der Waals surface area (Å²) in [4.78, 5) is 0. The van der Waals surface area contributed by atoms with Gasteiger partial charge in [0, 0.05) is 0 Å². The average molecular weight is 375 g/mol. The highest BCUT2D eigenvalue weighted by Gasteiger charge is 2.23. The van der Waals surface area contributed by atoms with Crippen LogP contribution in [0.5, 0.6) is 5.75 Å². The summed E-state index contributed by atoms with van der Waals surface area (Å²) in [6.45, 7) is 0. The molecular formula is C22H18FN3O2. The predicted molar refractivity (Wildman–Crippen MR) is 105 cm³/mol. The van der Waals surface area contributed by atoms with E-state index in [1.54, 1.807) is 25.3 Å². The number of methoxy groups -OCH3 is 1. The number of ether oxygens (including phenoxy) is 1. The van der Waals surface area contributed by atoms with Crippen molar-refractivity contribution >= 4 is 5.69 Å². The van der Waals surface area contributed by atoms with Gasteiger partial charge in [0.2, 0.25) is 5.89 Å². The quantitative estimate of drug-likeness (QED) is 0.509. The second-order valence-corrected chi connectivity index (χ2v) is 6.11. The van der Waals surface area contributed by atoms with E-state index in [9.17, 15) is 4.39 Å². The Balaban J connectivity index is 1.74. The topological polar surface area (TPSA) is 60.2 Å². The molecule has 1 atom stereocenters. The number of anilines is 1. The smallest absolute Gasteiger partial charge is 0.250 e. The molecular weight excluding hydrogens is 357 g/mol. The standard InChI is InChI=1S/C22H18FN3O2/c1-27-19-14-8-7-13-18(19)24-20(15-9-3-2-4-10-15)22-26-25-21(28-22)16-11-5-6-12-17(16)23/h2-14,20,24H,1H3/t20-/m0/s1. The molecule has 0 bridgehead atoms. The van der Waals surface area contributed by atoms with Crippen molar-refractivity contribution < 1.29 is 13.5 Å². The molecule has 1 N–H and O–H groups in total. The minimum Gasteiger partial charge on any atom is -0.495 e. The fourth-order valence-corrected chi connectivity index (χ4v) is 2.95. The van der Waals surface area contributed by atoms with Crippen LogP contribution in [0.2, 0.25) is 0 Å². The van der Waals surface area contributed by atoms with E-state index >= 15 is 0 Å². The fourth-order valence-electron chi connectivity index (χ4n) is 2.95. The summed E-state index contributed by atoms with van der Waals surface area (Å²) in [6, 6.07) is 23.2. The molecule has 5 nitrogen and oxygen atoms in total. The van der Waals surface area contributed by atoms with Crippen molar-refractivity contribution in [1.82, 2.24) is 10.2 Å². The van der Waals surface area contributed by atoms with Crippen LogP contribution < -0.4 is 10.1 Å². The Kier molecular flexibility index (Phi) is 5.01. The molecule has 140 valence electrons. The van der Waals surface area contributed by atoms with Crippen LogP contribution >= 0.6 is 0 Å². The molecule has 28 heavy (non-hydrogen) atoms. The van der Waals surface area contributed by atoms with E-state index in [4.69, 9.17) is 9.15 Å². The summed E-state index contributed by atoms with van der Waals surface area (Å²) in [7, 11) is 1.61. The third-order valence-electron chi connectivity index (χ3n) is 4.33. The lowest BCUT2D eigenvalue weighted by Crippen LogP contribution is -2.13. The van der Waals surface area contributed by atoms with Gasteiger partial charge in [-0.05, 0) is 29.8 Å². The molecule has 0 aliphatic carbocycles. The number of rotatable bonds is 6. The maximum absolute atomic E-state index is 14.1. The van der Waals surface area contributed by atoms with Crippen molar-refractivity contribution in [2.45, 2.75) is 6.04 Å². The van der Waals surface area contributed by atoms with Gasteiger partial charge in [-0.15, -0.1) is 10.2 Å². The van der Waals surface area contributed by atoms with Crippen molar-refractivity contribution in [1.29, 1.82) is 0 Å². The van der Waals surface area contributed by atoms with E-state index < -0.39 is 11.9 Å². The number of para-hydroxylation sites is 2. The summed E-state index contributed by atoms with van der Waals surface area (Å²) >= 11 is 0. The Hall–Kier alpha value is -3.67. The Morgan fingerprint density at radius 1 is 0.893 bits per heavy atom. The van der Waals surface area contributed by atoms with Gasteiger partial charge in [-0.3, -0.25) is 0 Å². The van der Waals surface area contributed by atoms with E-state index in [2.05, 4.69) is 15.5 Å². The van der Waals surface area contributed by atoms with Crippen LogP contribution in [0.4, 0.5) is 10.1 Å². The first-order chi connectivity index (χ1) is 13.8. The maximum atomic E-state index is 14.1. The summed E-state index contributed by atoms with van der Waals surface area (Å²) in [5.41, 5.74) is 1.98. The van der Waals surface area contributed by atoms with Gasteiger partial charge in [-0.25, -0.2) is 4.39 Å². The van der Waals surface area contributed by atoms with Crippen LogP contribution in [-0.4, -0.2) is 17.3 Å². The zero-order valence-electron chi connectivity index (χ0n) is 15.2. The third kappa shape index (κ3) is 3.57. The number of hydrogen-bond donors (Lipinski definition) is 1. The van der Waals surface area contributed by atoms with Gasteiger partial charge in [-0.1, -0.05) is 54.6 Å². The van der Waals surface area contributed by atoms with Crippen molar-refractivity contribution in [3.05, 3.63) is 96.1 Å². The molecule has 1 heterocycles. The average Bonchev–Trinajstić information content (AvgIpc) is 3.23. The lowest BCUT2D eigenvalue weighted by atomic mass is 10.1. The molecule has 0 spiro atoms. The lowest BCUT2D eigenvalue weighted by Gasteiger charge is -2.18. The van der Waals surface area contributed by atoms with Gasteiger partial charge in [-0.2, -0.15) is 0 Å². The molecule has 4 rings (SSSR count). The fraction of sp³-hybridized carbons (Fsp3) is 0.0909. The van der Waals surface area contributed by atoms with E-state index in [1.807, 2.05) is 54.6 Å². The zero-order chi connectivity index (χ0) is 19.3. The molecule has 4 aromatic rings. The normalized spacial score (nSPS) is 11.8. The Morgan fingerprint density at radius 2 is 1.61 bits per heavy atom. The minimum absolute atomic E-state index is 0.135. The van der Waals surface area contributed by atoms with Crippen LogP contribution in [0.15, 0.2) is 83.3 Å². The van der Waals surface area contributed by atoms with Crippen LogP contribution in [0.3, 0.4) is 0 Å². The van der Waals surface area contributed by atoms with Crippen molar-refractivity contribution in [3.63, 3.8) is 0 Å². The monoisotopic (exact) mass is 375 g/mol. The van der Waals surface area contributed by atoms with Gasteiger partial charge in [0.15, 0.2) is 0 Å². The molecule has 0 fully saturated rings. The zero-order valence-corrected chi connectivity index (χ0v) is 15.2. The Labute approximate surface area is 161 Å². The second kappa shape index (κ2) is 7.92. The van der Waals surface area contributed by atoms with Gasteiger partial charge >= 0.3 is 0 Å². The first kappa shape index (κ1) is 17.7. The summed E-state index contributed by atoms with van der Waals surface area (Å²) in [5, 5.41) is 11.6. The SMILES string of the molecule is COc1ccccc1N[C@@H](c1ccccc1)c1nnc(-c2ccccc2F)o1. The molecule has 0 amide bonds. The highest BCUT2D eigenvalue weighted by Crippen LogP contribution is 2.32. The third-order valence-corrected chi connectivity index (χ3v) is 4.33. The van der Waals surface area contributed by atoms with Crippen molar-refractivity contribution in [3.8, 4) is 17.2 Å². The molecule has 0 saturated carbocycles. The molecule has 0 aliphatic rings. The van der Waals surface area contributed by atoms with Gasteiger partial charge < -0.3 is 14.5 Å². The maximum Gasteiger partial charge on any atom is 0.250 e. The largest absolute Gasteiger partial charge is 0.495 e. The summed E-state index contributed by atoms with van der Waals surface area (Å²) in [6.07, 6.45) is 0. The molecule has 0 saturated heterocycles. The summed E-state index contributed by atoms with van der Waals surface area (Å²) in [5.74, 6) is 0.745. The van der Waals surface area contributed by atoms with Gasteiger partial charge in [0.1, 0.15) is 17.6 Å². The van der Waals surface area contributed by atoms with E-state index in [-0.39, 0.29) is 11.5 Å². The van der Waals surface area contributed by atoms with Crippen LogP contribution in [0.25, 0.3) is 11.5 Å². The number of aromatic nitrogens is 2. The van der Waals surface area contributed by atoms with E-state index in [1.165, 1.54) is 6.07 Å². The van der Waals surface area contributed by atoms with Crippen molar-refractivity contribution in [2.24, 2.45) is 0 Å². The first-order valence-electron chi connectivity index (χ1n) is 8.79. The number of nitrogens with one attached hydrogen (secondary N) is 1. The Morgan fingerprint density at radius 3 is 2.39 bits per heavy atom. The van der Waals surface area contributed by atoms with Crippen molar-refractivity contribution in [2.75, 3.05) is 12.4 Å². The number of hydrogen-bond acceptors (Lipinski definition) is 5. The van der Waals surface area contributed by atoms with Crippen LogP contribution in [0, 0.1) is 5.82 Å². The minimum atomic E-state index is -0.425. The molecule has 3 aromatic carbocycles. The number of halogens is 1. The molecule has 1 aromatic heterocycles. The van der Waals surface area contributed by atoms with Crippen LogP contribution in [-0.2, 0) is 0 Å². The van der Waals surface area contributed by atoms with Gasteiger partial charge in [0.25, 0.3) is 5.89 Å². The molecule has 0 radical (unpaired) electrons. The first-order valence-corrected chi connectivity index (χ1v) is 8.79. The Bertz CT molecular complexity index is 1070. The van der Waals surface area contributed by atoms with E-state index in [0.717, 1.165) is 11.3 Å². The predicted octanol–water partition coefficient (Wildman–Crippen LogP) is 5.09. The molecule has 6 heteroatoms.